The lowest BCUT2D eigenvalue weighted by Gasteiger charge is -2.11. The number of fused-ring (bicyclic) bond motifs is 1. The molecule has 0 radical (unpaired) electrons. The fraction of sp³-hybridized carbons (Fsp3) is 0.167. The molecule has 25 heavy (non-hydrogen) atoms. The highest BCUT2D eigenvalue weighted by atomic mass is 32.2. The second kappa shape index (κ2) is 6.85. The molecule has 0 unspecified atom stereocenters. The molecule has 1 aromatic heterocycles. The molecule has 0 aliphatic carbocycles. The highest BCUT2D eigenvalue weighted by Crippen LogP contribution is 2.24. The second-order valence-corrected chi connectivity index (χ2v) is 9.09. The van der Waals surface area contributed by atoms with Crippen LogP contribution in [0.25, 0.3) is 10.1 Å². The third-order valence-corrected chi connectivity index (χ3v) is 6.40. The Labute approximate surface area is 150 Å². The summed E-state index contributed by atoms with van der Waals surface area (Å²) in [6.45, 7) is 3.21. The zero-order valence-corrected chi connectivity index (χ0v) is 15.4. The lowest BCUT2D eigenvalue weighted by atomic mass is 10.2. The zero-order chi connectivity index (χ0) is 18.0. The van der Waals surface area contributed by atoms with Gasteiger partial charge < -0.3 is 5.32 Å². The molecule has 130 valence electrons. The van der Waals surface area contributed by atoms with Crippen molar-refractivity contribution < 1.29 is 13.2 Å². The first-order valence-electron chi connectivity index (χ1n) is 7.75. The van der Waals surface area contributed by atoms with E-state index in [9.17, 15) is 13.2 Å². The molecule has 0 bridgehead atoms. The Morgan fingerprint density at radius 2 is 1.68 bits per heavy atom. The van der Waals surface area contributed by atoms with E-state index < -0.39 is 15.3 Å². The number of hydrogen-bond acceptors (Lipinski definition) is 4. The van der Waals surface area contributed by atoms with E-state index in [0.29, 0.717) is 11.3 Å². The van der Waals surface area contributed by atoms with E-state index in [4.69, 9.17) is 0 Å². The molecule has 5 nitrogen and oxygen atoms in total. The van der Waals surface area contributed by atoms with Gasteiger partial charge in [0, 0.05) is 21.6 Å². The van der Waals surface area contributed by atoms with Gasteiger partial charge >= 0.3 is 0 Å². The topological polar surface area (TPSA) is 75.3 Å². The SMILES string of the molecule is CC(C)S(=O)(=O)Nc1ccc(C(=O)Nc2ccc3sccc3c2)cc1. The number of sulfonamides is 1. The van der Waals surface area contributed by atoms with Gasteiger partial charge in [-0.2, -0.15) is 0 Å². The Kier molecular flexibility index (Phi) is 4.78. The second-order valence-electron chi connectivity index (χ2n) is 5.90. The minimum Gasteiger partial charge on any atom is -0.322 e. The summed E-state index contributed by atoms with van der Waals surface area (Å²) in [5, 5.41) is 5.42. The Bertz CT molecular complexity index is 1010. The van der Waals surface area contributed by atoms with Gasteiger partial charge in [-0.1, -0.05) is 0 Å². The number of hydrogen-bond donors (Lipinski definition) is 2. The maximum absolute atomic E-state index is 12.3. The average Bonchev–Trinajstić information content (AvgIpc) is 3.02. The number of thiophene rings is 1. The predicted molar refractivity (Wildman–Crippen MR) is 104 cm³/mol. The van der Waals surface area contributed by atoms with E-state index in [0.717, 1.165) is 11.1 Å². The van der Waals surface area contributed by atoms with Crippen LogP contribution in [0.15, 0.2) is 53.9 Å². The van der Waals surface area contributed by atoms with Crippen molar-refractivity contribution in [1.82, 2.24) is 0 Å². The summed E-state index contributed by atoms with van der Waals surface area (Å²) in [6.07, 6.45) is 0. The fourth-order valence-corrected chi connectivity index (χ4v) is 3.69. The largest absolute Gasteiger partial charge is 0.322 e. The number of amides is 1. The molecule has 3 rings (SSSR count). The summed E-state index contributed by atoms with van der Waals surface area (Å²) in [5.41, 5.74) is 1.61. The van der Waals surface area contributed by atoms with Crippen molar-refractivity contribution in [2.24, 2.45) is 0 Å². The van der Waals surface area contributed by atoms with Crippen LogP contribution in [0.1, 0.15) is 24.2 Å². The molecule has 0 fully saturated rings. The van der Waals surface area contributed by atoms with Gasteiger partial charge in [0.15, 0.2) is 0 Å². The average molecular weight is 374 g/mol. The molecule has 1 amide bonds. The first-order valence-corrected chi connectivity index (χ1v) is 10.2. The molecule has 2 N–H and O–H groups in total. The number of benzene rings is 2. The van der Waals surface area contributed by atoms with Gasteiger partial charge in [-0.05, 0) is 73.1 Å². The van der Waals surface area contributed by atoms with Gasteiger partial charge in [-0.15, -0.1) is 11.3 Å². The molecule has 3 aromatic rings. The normalized spacial score (nSPS) is 11.6. The minimum absolute atomic E-state index is 0.243. The van der Waals surface area contributed by atoms with Crippen molar-refractivity contribution in [3.05, 3.63) is 59.5 Å². The van der Waals surface area contributed by atoms with Crippen molar-refractivity contribution in [1.29, 1.82) is 0 Å². The molecule has 2 aromatic carbocycles. The van der Waals surface area contributed by atoms with Crippen LogP contribution in [0.2, 0.25) is 0 Å². The monoisotopic (exact) mass is 374 g/mol. The Balaban J connectivity index is 1.72. The number of rotatable bonds is 5. The molecular formula is C18H18N2O3S2. The van der Waals surface area contributed by atoms with Crippen LogP contribution in [0.4, 0.5) is 11.4 Å². The van der Waals surface area contributed by atoms with Gasteiger partial charge in [0.1, 0.15) is 0 Å². The third kappa shape index (κ3) is 4.00. The number of carbonyl (C=O) groups is 1. The van der Waals surface area contributed by atoms with Crippen LogP contribution in [0.5, 0.6) is 0 Å². The van der Waals surface area contributed by atoms with Crippen LogP contribution in [-0.4, -0.2) is 19.6 Å². The maximum Gasteiger partial charge on any atom is 0.255 e. The Hall–Kier alpha value is -2.38. The van der Waals surface area contributed by atoms with Gasteiger partial charge in [0.05, 0.1) is 5.25 Å². The number of anilines is 2. The Morgan fingerprint density at radius 1 is 1.00 bits per heavy atom. The summed E-state index contributed by atoms with van der Waals surface area (Å²) in [5.74, 6) is -0.243. The summed E-state index contributed by atoms with van der Waals surface area (Å²) < 4.78 is 27.4. The lowest BCUT2D eigenvalue weighted by Crippen LogP contribution is -2.22. The molecule has 1 heterocycles. The Morgan fingerprint density at radius 3 is 2.36 bits per heavy atom. The van der Waals surface area contributed by atoms with E-state index >= 15 is 0 Å². The van der Waals surface area contributed by atoms with Crippen LogP contribution in [-0.2, 0) is 10.0 Å². The molecule has 0 atom stereocenters. The van der Waals surface area contributed by atoms with Crippen molar-refractivity contribution in [2.75, 3.05) is 10.0 Å². The zero-order valence-electron chi connectivity index (χ0n) is 13.8. The lowest BCUT2D eigenvalue weighted by molar-refractivity contribution is 0.102. The van der Waals surface area contributed by atoms with Crippen LogP contribution >= 0.6 is 11.3 Å². The smallest absolute Gasteiger partial charge is 0.255 e. The number of nitrogens with one attached hydrogen (secondary N) is 2. The molecule has 7 heteroatoms. The van der Waals surface area contributed by atoms with Crippen molar-refractivity contribution in [3.8, 4) is 0 Å². The maximum atomic E-state index is 12.3. The van der Waals surface area contributed by atoms with Crippen LogP contribution in [0, 0.1) is 0 Å². The van der Waals surface area contributed by atoms with Crippen molar-refractivity contribution >= 4 is 48.7 Å². The molecule has 0 spiro atoms. The van der Waals surface area contributed by atoms with Crippen LogP contribution in [0.3, 0.4) is 0 Å². The van der Waals surface area contributed by atoms with E-state index in [1.54, 1.807) is 49.4 Å². The molecule has 0 saturated heterocycles. The van der Waals surface area contributed by atoms with E-state index in [-0.39, 0.29) is 5.91 Å². The predicted octanol–water partition coefficient (Wildman–Crippen LogP) is 4.30. The fourth-order valence-electron chi connectivity index (χ4n) is 2.22. The first kappa shape index (κ1) is 17.4. The molecule has 0 saturated carbocycles. The third-order valence-electron chi connectivity index (χ3n) is 3.74. The molecule has 0 aliphatic rings. The van der Waals surface area contributed by atoms with Crippen molar-refractivity contribution in [2.45, 2.75) is 19.1 Å². The van der Waals surface area contributed by atoms with E-state index in [1.165, 1.54) is 4.70 Å². The summed E-state index contributed by atoms with van der Waals surface area (Å²) in [7, 11) is -3.40. The van der Waals surface area contributed by atoms with Crippen molar-refractivity contribution in [3.63, 3.8) is 0 Å². The summed E-state index contributed by atoms with van der Waals surface area (Å²) >= 11 is 1.65. The van der Waals surface area contributed by atoms with E-state index in [1.807, 2.05) is 29.6 Å². The van der Waals surface area contributed by atoms with Gasteiger partial charge in [-0.25, -0.2) is 8.42 Å². The van der Waals surface area contributed by atoms with Gasteiger partial charge in [0.2, 0.25) is 10.0 Å². The highest BCUT2D eigenvalue weighted by molar-refractivity contribution is 7.93. The first-order chi connectivity index (χ1) is 11.8. The molecule has 0 aliphatic heterocycles. The van der Waals surface area contributed by atoms with Crippen LogP contribution < -0.4 is 10.0 Å². The molecular weight excluding hydrogens is 356 g/mol. The summed E-state index contributed by atoms with van der Waals surface area (Å²) in [6, 6.07) is 14.1. The highest BCUT2D eigenvalue weighted by Gasteiger charge is 2.15. The standard InChI is InChI=1S/C18H18N2O3S2/c1-12(2)25(22,23)20-15-5-3-13(4-6-15)18(21)19-16-7-8-17-14(11-16)9-10-24-17/h3-12,20H,1-2H3,(H,19,21). The minimum atomic E-state index is -3.40. The van der Waals surface area contributed by atoms with Gasteiger partial charge in [-0.3, -0.25) is 9.52 Å². The van der Waals surface area contributed by atoms with Gasteiger partial charge in [0.25, 0.3) is 5.91 Å². The summed E-state index contributed by atoms with van der Waals surface area (Å²) in [4.78, 5) is 12.3. The van der Waals surface area contributed by atoms with E-state index in [2.05, 4.69) is 10.0 Å². The number of carbonyl (C=O) groups excluding carboxylic acids is 1. The quantitative estimate of drug-likeness (QED) is 0.699.